The number of tetrazole rings is 1. The summed E-state index contributed by atoms with van der Waals surface area (Å²) in [5.41, 5.74) is 1.99. The average molecular weight is 395 g/mol. The van der Waals surface area contributed by atoms with Crippen molar-refractivity contribution in [1.82, 2.24) is 24.5 Å². The van der Waals surface area contributed by atoms with E-state index in [9.17, 15) is 8.42 Å². The zero-order valence-electron chi connectivity index (χ0n) is 16.2. The van der Waals surface area contributed by atoms with Crippen LogP contribution in [0.2, 0.25) is 0 Å². The minimum absolute atomic E-state index is 0.127. The number of hydrogen-bond acceptors (Lipinski definition) is 7. The SMILES string of the molecule is COc1cc(C)c(C(C)C)cc1S(=O)(=O)N1CCOC(c2nnn(C)n2)C1. The summed E-state index contributed by atoms with van der Waals surface area (Å²) in [6.45, 7) is 6.67. The van der Waals surface area contributed by atoms with E-state index in [2.05, 4.69) is 15.4 Å². The first-order valence-electron chi connectivity index (χ1n) is 8.78. The third-order valence-electron chi connectivity index (χ3n) is 4.63. The lowest BCUT2D eigenvalue weighted by Gasteiger charge is -2.31. The molecule has 0 aliphatic carbocycles. The van der Waals surface area contributed by atoms with E-state index in [1.54, 1.807) is 19.2 Å². The molecule has 0 bridgehead atoms. The minimum atomic E-state index is -3.77. The third-order valence-corrected chi connectivity index (χ3v) is 6.52. The van der Waals surface area contributed by atoms with Crippen LogP contribution in [0.3, 0.4) is 0 Å². The summed E-state index contributed by atoms with van der Waals surface area (Å²) in [6.07, 6.45) is -0.553. The van der Waals surface area contributed by atoms with Gasteiger partial charge in [-0.25, -0.2) is 8.42 Å². The lowest BCUT2D eigenvalue weighted by atomic mass is 9.98. The van der Waals surface area contributed by atoms with E-state index < -0.39 is 16.1 Å². The molecule has 0 saturated carbocycles. The van der Waals surface area contributed by atoms with Gasteiger partial charge >= 0.3 is 0 Å². The fourth-order valence-electron chi connectivity index (χ4n) is 3.23. The fraction of sp³-hybridized carbons (Fsp3) is 0.588. The van der Waals surface area contributed by atoms with Gasteiger partial charge in [0.25, 0.3) is 0 Å². The molecule has 1 atom stereocenters. The molecule has 1 aliphatic heterocycles. The van der Waals surface area contributed by atoms with Crippen molar-refractivity contribution in [3.05, 3.63) is 29.1 Å². The van der Waals surface area contributed by atoms with Crippen LogP contribution in [-0.2, 0) is 21.8 Å². The Labute approximate surface area is 159 Å². The number of benzene rings is 1. The van der Waals surface area contributed by atoms with Gasteiger partial charge < -0.3 is 9.47 Å². The van der Waals surface area contributed by atoms with Gasteiger partial charge in [0.2, 0.25) is 15.8 Å². The lowest BCUT2D eigenvalue weighted by molar-refractivity contribution is -0.00769. The van der Waals surface area contributed by atoms with Gasteiger partial charge in [-0.3, -0.25) is 0 Å². The van der Waals surface area contributed by atoms with Gasteiger partial charge in [0.15, 0.2) is 0 Å². The zero-order chi connectivity index (χ0) is 19.8. The summed E-state index contributed by atoms with van der Waals surface area (Å²) in [6, 6.07) is 3.50. The first-order chi connectivity index (χ1) is 12.7. The van der Waals surface area contributed by atoms with Crippen LogP contribution in [0.15, 0.2) is 17.0 Å². The Balaban J connectivity index is 1.97. The molecule has 0 radical (unpaired) electrons. The number of hydrogen-bond donors (Lipinski definition) is 0. The van der Waals surface area contributed by atoms with Crippen LogP contribution in [0, 0.1) is 6.92 Å². The number of nitrogens with zero attached hydrogens (tertiary/aromatic N) is 5. The van der Waals surface area contributed by atoms with Crippen molar-refractivity contribution in [3.8, 4) is 5.75 Å². The van der Waals surface area contributed by atoms with Gasteiger partial charge in [-0.05, 0) is 41.3 Å². The normalized spacial score (nSPS) is 18.8. The number of rotatable bonds is 5. The molecule has 0 amide bonds. The summed E-state index contributed by atoms with van der Waals surface area (Å²) in [4.78, 5) is 1.50. The summed E-state index contributed by atoms with van der Waals surface area (Å²) < 4.78 is 39.2. The van der Waals surface area contributed by atoms with Gasteiger partial charge in [0, 0.05) is 13.1 Å². The van der Waals surface area contributed by atoms with E-state index in [0.29, 0.717) is 11.6 Å². The van der Waals surface area contributed by atoms with Gasteiger partial charge in [-0.15, -0.1) is 10.2 Å². The van der Waals surface area contributed by atoms with Crippen LogP contribution < -0.4 is 4.74 Å². The molecule has 3 rings (SSSR count). The highest BCUT2D eigenvalue weighted by Gasteiger charge is 2.35. The highest BCUT2D eigenvalue weighted by atomic mass is 32.2. The van der Waals surface area contributed by atoms with Crippen molar-refractivity contribution in [1.29, 1.82) is 0 Å². The zero-order valence-corrected chi connectivity index (χ0v) is 17.0. The maximum absolute atomic E-state index is 13.4. The Hall–Kier alpha value is -2.04. The van der Waals surface area contributed by atoms with Crippen molar-refractivity contribution in [2.24, 2.45) is 7.05 Å². The predicted molar refractivity (Wildman–Crippen MR) is 98.1 cm³/mol. The Bertz CT molecular complexity index is 925. The summed E-state index contributed by atoms with van der Waals surface area (Å²) in [5.74, 6) is 0.916. The summed E-state index contributed by atoms with van der Waals surface area (Å²) >= 11 is 0. The molecular formula is C17H25N5O4S. The molecule has 2 aromatic rings. The molecule has 1 aromatic carbocycles. The van der Waals surface area contributed by atoms with Crippen LogP contribution in [0.1, 0.15) is 42.8 Å². The molecule has 1 fully saturated rings. The molecule has 9 nitrogen and oxygen atoms in total. The highest BCUT2D eigenvalue weighted by molar-refractivity contribution is 7.89. The maximum atomic E-state index is 13.4. The topological polar surface area (TPSA) is 99.4 Å². The molecule has 0 N–H and O–H groups in total. The van der Waals surface area contributed by atoms with Gasteiger partial charge in [-0.2, -0.15) is 9.10 Å². The second-order valence-corrected chi connectivity index (χ2v) is 8.78. The molecular weight excluding hydrogens is 370 g/mol. The number of aromatic nitrogens is 4. The van der Waals surface area contributed by atoms with Gasteiger partial charge in [0.1, 0.15) is 16.7 Å². The number of morpholine rings is 1. The molecule has 1 unspecified atom stereocenters. The lowest BCUT2D eigenvalue weighted by Crippen LogP contribution is -2.42. The first-order valence-corrected chi connectivity index (χ1v) is 10.2. The van der Waals surface area contributed by atoms with Crippen LogP contribution in [0.25, 0.3) is 0 Å². The minimum Gasteiger partial charge on any atom is -0.495 e. The van der Waals surface area contributed by atoms with Crippen molar-refractivity contribution in [2.45, 2.75) is 37.7 Å². The second kappa shape index (κ2) is 7.53. The highest BCUT2D eigenvalue weighted by Crippen LogP contribution is 2.34. The standard InChI is InChI=1S/C17H25N5O4S/c1-11(2)13-9-16(14(25-5)8-12(13)3)27(23,24)22-6-7-26-15(10-22)17-18-20-21(4)19-17/h8-9,11,15H,6-7,10H2,1-5H3. The molecule has 0 spiro atoms. The van der Waals surface area contributed by atoms with Gasteiger partial charge in [-0.1, -0.05) is 13.8 Å². The van der Waals surface area contributed by atoms with E-state index in [4.69, 9.17) is 9.47 Å². The smallest absolute Gasteiger partial charge is 0.246 e. The van der Waals surface area contributed by atoms with Crippen molar-refractivity contribution in [2.75, 3.05) is 26.8 Å². The first kappa shape index (κ1) is 19.7. The largest absolute Gasteiger partial charge is 0.495 e. The number of aryl methyl sites for hydroxylation is 2. The van der Waals surface area contributed by atoms with Crippen LogP contribution in [0.5, 0.6) is 5.75 Å². The quantitative estimate of drug-likeness (QED) is 0.755. The molecule has 1 aliphatic rings. The second-order valence-electron chi connectivity index (χ2n) is 6.87. The molecule has 1 aromatic heterocycles. The predicted octanol–water partition coefficient (Wildman–Crippen LogP) is 1.41. The van der Waals surface area contributed by atoms with E-state index in [1.807, 2.05) is 20.8 Å². The molecule has 2 heterocycles. The van der Waals surface area contributed by atoms with Crippen LogP contribution in [0.4, 0.5) is 0 Å². The number of methoxy groups -OCH3 is 1. The van der Waals surface area contributed by atoms with E-state index >= 15 is 0 Å². The number of ether oxygens (including phenoxy) is 2. The van der Waals surface area contributed by atoms with E-state index in [0.717, 1.165) is 11.1 Å². The van der Waals surface area contributed by atoms with Crippen LogP contribution >= 0.6 is 0 Å². The number of sulfonamides is 1. The summed E-state index contributed by atoms with van der Waals surface area (Å²) in [5, 5.41) is 11.9. The van der Waals surface area contributed by atoms with E-state index in [1.165, 1.54) is 16.2 Å². The Morgan fingerprint density at radius 2 is 2.07 bits per heavy atom. The molecule has 10 heteroatoms. The average Bonchev–Trinajstić information content (AvgIpc) is 3.07. The summed E-state index contributed by atoms with van der Waals surface area (Å²) in [7, 11) is -0.634. The Morgan fingerprint density at radius 1 is 1.33 bits per heavy atom. The van der Waals surface area contributed by atoms with E-state index in [-0.39, 0.29) is 30.5 Å². The molecule has 148 valence electrons. The van der Waals surface area contributed by atoms with Crippen molar-refractivity contribution >= 4 is 10.0 Å². The Morgan fingerprint density at radius 3 is 2.67 bits per heavy atom. The molecule has 1 saturated heterocycles. The van der Waals surface area contributed by atoms with Gasteiger partial charge in [0.05, 0.1) is 20.8 Å². The van der Waals surface area contributed by atoms with Crippen LogP contribution in [-0.4, -0.2) is 59.7 Å². The van der Waals surface area contributed by atoms with Crippen molar-refractivity contribution < 1.29 is 17.9 Å². The maximum Gasteiger partial charge on any atom is 0.246 e. The fourth-order valence-corrected chi connectivity index (χ4v) is 4.82. The Kier molecular flexibility index (Phi) is 5.50. The third kappa shape index (κ3) is 3.83. The van der Waals surface area contributed by atoms with Crippen molar-refractivity contribution in [3.63, 3.8) is 0 Å². The molecule has 27 heavy (non-hydrogen) atoms. The monoisotopic (exact) mass is 395 g/mol.